The van der Waals surface area contributed by atoms with Gasteiger partial charge in [0.1, 0.15) is 0 Å². The van der Waals surface area contributed by atoms with E-state index in [2.05, 4.69) is 22.5 Å². The van der Waals surface area contributed by atoms with Gasteiger partial charge in [-0.3, -0.25) is 14.5 Å². The Kier molecular flexibility index (Phi) is 5.50. The predicted molar refractivity (Wildman–Crippen MR) is 115 cm³/mol. The molecule has 0 aromatic carbocycles. The largest absolute Gasteiger partial charge is 0.352 e. The molecule has 1 saturated heterocycles. The number of fused-ring (bicyclic) bond motifs is 2. The number of piperidine rings is 1. The number of carbonyl (C=O) groups is 2. The monoisotopic (exact) mass is 403 g/mol. The molecule has 4 rings (SSSR count). The standard InChI is InChI=1S/C24H41N3O2/c1-17-12-18-6-5-7-24(13-17,14-18)21(29)25-19-15-23(19)8-10-27(11-9-23)16-20(28)26-22(2,3)4/h17-19H,5-16H2,1-4H3,(H,25,29)(H,26,28). The molecular weight excluding hydrogens is 362 g/mol. The molecule has 1 aliphatic heterocycles. The van der Waals surface area contributed by atoms with Crippen LogP contribution in [0, 0.1) is 22.7 Å². The molecule has 3 aliphatic carbocycles. The van der Waals surface area contributed by atoms with Crippen molar-refractivity contribution in [2.24, 2.45) is 22.7 Å². The summed E-state index contributed by atoms with van der Waals surface area (Å²) in [5.74, 6) is 1.94. The number of hydrogen-bond donors (Lipinski definition) is 2. The fourth-order valence-corrected chi connectivity index (χ4v) is 6.72. The number of amides is 2. The van der Waals surface area contributed by atoms with E-state index in [4.69, 9.17) is 0 Å². The second kappa shape index (κ2) is 7.55. The van der Waals surface area contributed by atoms with Gasteiger partial charge in [0.15, 0.2) is 0 Å². The van der Waals surface area contributed by atoms with Crippen LogP contribution in [0.25, 0.3) is 0 Å². The fourth-order valence-electron chi connectivity index (χ4n) is 6.72. The van der Waals surface area contributed by atoms with Crippen LogP contribution in [0.3, 0.4) is 0 Å². The average molecular weight is 404 g/mol. The highest BCUT2D eigenvalue weighted by molar-refractivity contribution is 5.83. The van der Waals surface area contributed by atoms with Crippen LogP contribution in [0.1, 0.15) is 85.5 Å². The van der Waals surface area contributed by atoms with Crippen LogP contribution >= 0.6 is 0 Å². The van der Waals surface area contributed by atoms with Crippen LogP contribution < -0.4 is 10.6 Å². The third-order valence-corrected chi connectivity index (χ3v) is 8.13. The van der Waals surface area contributed by atoms with Gasteiger partial charge < -0.3 is 10.6 Å². The van der Waals surface area contributed by atoms with Gasteiger partial charge in [-0.05, 0) is 96.1 Å². The minimum absolute atomic E-state index is 0.0733. The number of likely N-dealkylation sites (tertiary alicyclic amines) is 1. The summed E-state index contributed by atoms with van der Waals surface area (Å²) < 4.78 is 0. The summed E-state index contributed by atoms with van der Waals surface area (Å²) >= 11 is 0. The third-order valence-electron chi connectivity index (χ3n) is 8.13. The Hall–Kier alpha value is -1.10. The molecule has 164 valence electrons. The Morgan fingerprint density at radius 2 is 1.79 bits per heavy atom. The van der Waals surface area contributed by atoms with Gasteiger partial charge in [-0.2, -0.15) is 0 Å². The SMILES string of the molecule is CC1CC2CCCC(C(=O)NC3CC34CCN(CC(=O)NC(C)(C)C)CC4)(C1)C2. The summed E-state index contributed by atoms with van der Waals surface area (Å²) in [6.45, 7) is 10.8. The van der Waals surface area contributed by atoms with Crippen LogP contribution in [0.2, 0.25) is 0 Å². The van der Waals surface area contributed by atoms with E-state index >= 15 is 0 Å². The molecule has 2 N–H and O–H groups in total. The molecule has 0 aromatic heterocycles. The molecule has 3 saturated carbocycles. The molecular formula is C24H41N3O2. The maximum Gasteiger partial charge on any atom is 0.234 e. The number of hydrogen-bond acceptors (Lipinski definition) is 3. The lowest BCUT2D eigenvalue weighted by molar-refractivity contribution is -0.138. The molecule has 5 nitrogen and oxygen atoms in total. The number of rotatable bonds is 4. The second-order valence-corrected chi connectivity index (χ2v) is 12.0. The van der Waals surface area contributed by atoms with E-state index in [1.165, 1.54) is 19.3 Å². The maximum atomic E-state index is 13.3. The lowest BCUT2D eigenvalue weighted by Crippen LogP contribution is -2.50. The van der Waals surface area contributed by atoms with Crippen molar-refractivity contribution in [2.45, 2.75) is 97.1 Å². The minimum Gasteiger partial charge on any atom is -0.352 e. The summed E-state index contributed by atoms with van der Waals surface area (Å²) in [5, 5.41) is 6.56. The second-order valence-electron chi connectivity index (χ2n) is 12.0. The number of nitrogens with one attached hydrogen (secondary N) is 2. The first-order valence-electron chi connectivity index (χ1n) is 11.9. The highest BCUT2D eigenvalue weighted by Gasteiger charge is 2.57. The molecule has 0 aromatic rings. The van der Waals surface area contributed by atoms with Crippen LogP contribution in [-0.4, -0.2) is 47.9 Å². The Morgan fingerprint density at radius 1 is 1.07 bits per heavy atom. The lowest BCUT2D eigenvalue weighted by atomic mass is 9.59. The smallest absolute Gasteiger partial charge is 0.234 e. The Balaban J connectivity index is 1.26. The Labute approximate surface area is 176 Å². The van der Waals surface area contributed by atoms with E-state index in [0.717, 1.165) is 57.5 Å². The Bertz CT molecular complexity index is 643. The first-order chi connectivity index (χ1) is 13.6. The van der Waals surface area contributed by atoms with Crippen molar-refractivity contribution in [1.29, 1.82) is 0 Å². The zero-order valence-corrected chi connectivity index (χ0v) is 19.0. The first kappa shape index (κ1) is 21.1. The van der Waals surface area contributed by atoms with Crippen molar-refractivity contribution in [3.8, 4) is 0 Å². The van der Waals surface area contributed by atoms with E-state index in [-0.39, 0.29) is 16.9 Å². The van der Waals surface area contributed by atoms with E-state index in [9.17, 15) is 9.59 Å². The minimum atomic E-state index is -0.172. The number of carbonyl (C=O) groups excluding carboxylic acids is 2. The van der Waals surface area contributed by atoms with Crippen molar-refractivity contribution in [2.75, 3.05) is 19.6 Å². The quantitative estimate of drug-likeness (QED) is 0.755. The van der Waals surface area contributed by atoms with E-state index in [1.807, 2.05) is 20.8 Å². The summed E-state index contributed by atoms with van der Waals surface area (Å²) in [4.78, 5) is 27.8. The van der Waals surface area contributed by atoms with Gasteiger partial charge in [-0.1, -0.05) is 19.8 Å². The van der Waals surface area contributed by atoms with Gasteiger partial charge in [0.2, 0.25) is 11.8 Å². The molecule has 4 aliphatic rings. The van der Waals surface area contributed by atoms with E-state index in [0.29, 0.717) is 29.8 Å². The van der Waals surface area contributed by atoms with Crippen LogP contribution in [0.5, 0.6) is 0 Å². The molecule has 4 atom stereocenters. The van der Waals surface area contributed by atoms with Gasteiger partial charge in [0, 0.05) is 17.0 Å². The molecule has 5 heteroatoms. The molecule has 0 radical (unpaired) electrons. The Morgan fingerprint density at radius 3 is 2.48 bits per heavy atom. The molecule has 29 heavy (non-hydrogen) atoms. The first-order valence-corrected chi connectivity index (χ1v) is 11.9. The molecule has 1 heterocycles. The molecule has 1 spiro atoms. The average Bonchev–Trinajstić information content (AvgIpc) is 3.26. The van der Waals surface area contributed by atoms with Crippen molar-refractivity contribution >= 4 is 11.8 Å². The summed E-state index contributed by atoms with van der Waals surface area (Å²) in [6, 6.07) is 0.368. The van der Waals surface area contributed by atoms with Crippen molar-refractivity contribution in [3.05, 3.63) is 0 Å². The maximum absolute atomic E-state index is 13.3. The van der Waals surface area contributed by atoms with Gasteiger partial charge in [-0.25, -0.2) is 0 Å². The summed E-state index contributed by atoms with van der Waals surface area (Å²) in [5.41, 5.74) is 0.0574. The fraction of sp³-hybridized carbons (Fsp3) is 0.917. The summed E-state index contributed by atoms with van der Waals surface area (Å²) in [6.07, 6.45) is 10.5. The molecule has 4 unspecified atom stereocenters. The number of nitrogens with zero attached hydrogens (tertiary/aromatic N) is 1. The van der Waals surface area contributed by atoms with Crippen LogP contribution in [0.15, 0.2) is 0 Å². The van der Waals surface area contributed by atoms with Crippen molar-refractivity contribution < 1.29 is 9.59 Å². The normalized spacial score (nSPS) is 36.5. The van der Waals surface area contributed by atoms with Crippen LogP contribution in [-0.2, 0) is 9.59 Å². The highest BCUT2D eigenvalue weighted by atomic mass is 16.2. The van der Waals surface area contributed by atoms with Gasteiger partial charge in [0.25, 0.3) is 0 Å². The molecule has 2 amide bonds. The highest BCUT2D eigenvalue weighted by Crippen LogP contribution is 2.56. The van der Waals surface area contributed by atoms with E-state index in [1.54, 1.807) is 0 Å². The predicted octanol–water partition coefficient (Wildman–Crippen LogP) is 3.48. The summed E-state index contributed by atoms with van der Waals surface area (Å²) in [7, 11) is 0. The van der Waals surface area contributed by atoms with Gasteiger partial charge in [0.05, 0.1) is 6.54 Å². The lowest BCUT2D eigenvalue weighted by Gasteiger charge is -2.46. The topological polar surface area (TPSA) is 61.4 Å². The molecule has 4 fully saturated rings. The zero-order valence-electron chi connectivity index (χ0n) is 19.0. The van der Waals surface area contributed by atoms with Gasteiger partial charge in [-0.15, -0.1) is 0 Å². The third kappa shape index (κ3) is 4.65. The molecule has 2 bridgehead atoms. The van der Waals surface area contributed by atoms with Crippen LogP contribution in [0.4, 0.5) is 0 Å². The van der Waals surface area contributed by atoms with Crippen molar-refractivity contribution in [3.63, 3.8) is 0 Å². The van der Waals surface area contributed by atoms with E-state index < -0.39 is 0 Å². The van der Waals surface area contributed by atoms with Crippen molar-refractivity contribution in [1.82, 2.24) is 15.5 Å². The zero-order chi connectivity index (χ0) is 20.9. The van der Waals surface area contributed by atoms with Gasteiger partial charge >= 0.3 is 0 Å².